The van der Waals surface area contributed by atoms with Crippen molar-refractivity contribution in [1.82, 2.24) is 0 Å². The van der Waals surface area contributed by atoms with Crippen LogP contribution in [0.5, 0.6) is 0 Å². The fraction of sp³-hybridized carbons (Fsp3) is 0.833. The summed E-state index contributed by atoms with van der Waals surface area (Å²) in [6.07, 6.45) is 0.153. The van der Waals surface area contributed by atoms with E-state index in [0.717, 1.165) is 0 Å². The fourth-order valence-corrected chi connectivity index (χ4v) is 2.11. The quantitative estimate of drug-likeness (QED) is 0.492. The molecule has 2 atom stereocenters. The van der Waals surface area contributed by atoms with Crippen LogP contribution >= 0.6 is 0 Å². The molecule has 0 bridgehead atoms. The van der Waals surface area contributed by atoms with Crippen molar-refractivity contribution < 1.29 is 29.7 Å². The Labute approximate surface area is 150 Å². The Morgan fingerprint density at radius 3 is 1.46 bits per heavy atom. The highest BCUT2D eigenvalue weighted by Crippen LogP contribution is 2.36. The fourth-order valence-electron chi connectivity index (χ4n) is 2.11. The molecule has 24 heavy (non-hydrogen) atoms. The van der Waals surface area contributed by atoms with Crippen LogP contribution in [0.2, 0.25) is 0 Å². The maximum absolute atomic E-state index is 11.3. The van der Waals surface area contributed by atoms with Crippen molar-refractivity contribution in [2.75, 3.05) is 0 Å². The summed E-state index contributed by atoms with van der Waals surface area (Å²) in [7, 11) is 0. The van der Waals surface area contributed by atoms with Crippen molar-refractivity contribution in [3.63, 3.8) is 0 Å². The van der Waals surface area contributed by atoms with Gasteiger partial charge in [0.05, 0.1) is 11.8 Å². The average Bonchev–Trinajstić information content (AvgIpc) is 2.25. The van der Waals surface area contributed by atoms with Gasteiger partial charge in [0.1, 0.15) is 0 Å². The number of carbonyl (C=O) groups is 3. The monoisotopic (exact) mass is 356 g/mol. The molecule has 0 amide bonds. The van der Waals surface area contributed by atoms with E-state index in [-0.39, 0.29) is 69.7 Å². The number of carboxylic acid groups (broad SMARTS) is 3. The van der Waals surface area contributed by atoms with Crippen molar-refractivity contribution in [3.8, 4) is 0 Å². The summed E-state index contributed by atoms with van der Waals surface area (Å²) in [6.45, 7) is 3.39. The molecule has 0 rings (SSSR count). The van der Waals surface area contributed by atoms with Crippen LogP contribution in [0.1, 0.15) is 90.5 Å². The van der Waals surface area contributed by atoms with Gasteiger partial charge in [0.25, 0.3) is 0 Å². The molecule has 152 valence electrons. The third-order valence-corrected chi connectivity index (χ3v) is 3.34. The van der Waals surface area contributed by atoms with Crippen molar-refractivity contribution in [3.05, 3.63) is 0 Å². The van der Waals surface area contributed by atoms with Crippen LogP contribution in [0.15, 0.2) is 0 Å². The van der Waals surface area contributed by atoms with Crippen LogP contribution in [0, 0.1) is 11.3 Å². The molecule has 0 aromatic heterocycles. The van der Waals surface area contributed by atoms with Gasteiger partial charge in [0.15, 0.2) is 0 Å². The minimum Gasteiger partial charge on any atom is -0.481 e. The van der Waals surface area contributed by atoms with E-state index in [1.54, 1.807) is 13.8 Å². The van der Waals surface area contributed by atoms with E-state index in [9.17, 15) is 19.5 Å². The second-order valence-electron chi connectivity index (χ2n) is 4.59. The van der Waals surface area contributed by atoms with Gasteiger partial charge in [-0.1, -0.05) is 64.8 Å². The van der Waals surface area contributed by atoms with Gasteiger partial charge in [-0.25, -0.2) is 0 Å². The summed E-state index contributed by atoms with van der Waals surface area (Å²) in [6, 6.07) is 0. The summed E-state index contributed by atoms with van der Waals surface area (Å²) >= 11 is 0. The minimum absolute atomic E-state index is 0. The van der Waals surface area contributed by atoms with Gasteiger partial charge < -0.3 is 15.3 Å². The van der Waals surface area contributed by atoms with Crippen LogP contribution in [0.3, 0.4) is 0 Å². The Hall–Kier alpha value is -1.59. The predicted molar refractivity (Wildman–Crippen MR) is 104 cm³/mol. The summed E-state index contributed by atoms with van der Waals surface area (Å²) < 4.78 is 0. The first kappa shape index (κ1) is 43.3. The zero-order valence-corrected chi connectivity index (χ0v) is 10.7. The van der Waals surface area contributed by atoms with Gasteiger partial charge >= 0.3 is 17.9 Å². The predicted octanol–water partition coefficient (Wildman–Crippen LogP) is 5.65. The number of rotatable bonds is 9. The van der Waals surface area contributed by atoms with Gasteiger partial charge in [0.2, 0.25) is 0 Å². The van der Waals surface area contributed by atoms with E-state index in [1.165, 1.54) is 0 Å². The first-order chi connectivity index (χ1) is 8.27. The topological polar surface area (TPSA) is 112 Å². The van der Waals surface area contributed by atoms with E-state index in [4.69, 9.17) is 10.2 Å². The van der Waals surface area contributed by atoms with Crippen LogP contribution < -0.4 is 0 Å². The van der Waals surface area contributed by atoms with Crippen molar-refractivity contribution >= 4 is 17.9 Å². The number of hydrogen-bond donors (Lipinski definition) is 3. The lowest BCUT2D eigenvalue weighted by Gasteiger charge is -2.30. The molecule has 0 saturated heterocycles. The van der Waals surface area contributed by atoms with Gasteiger partial charge in [-0.3, -0.25) is 14.4 Å². The summed E-state index contributed by atoms with van der Waals surface area (Å²) in [5, 5.41) is 26.8. The lowest BCUT2D eigenvalue weighted by Crippen LogP contribution is -2.35. The molecule has 6 nitrogen and oxygen atoms in total. The zero-order valence-electron chi connectivity index (χ0n) is 10.7. The molecule has 6 heteroatoms. The smallest absolute Gasteiger partial charge is 0.310 e. The molecule has 0 aliphatic rings. The maximum Gasteiger partial charge on any atom is 0.310 e. The van der Waals surface area contributed by atoms with Crippen LogP contribution in [0.4, 0.5) is 0 Å². The molecule has 0 saturated carbocycles. The van der Waals surface area contributed by atoms with Crippen LogP contribution in [-0.2, 0) is 14.4 Å². The molecule has 0 heterocycles. The lowest BCUT2D eigenvalue weighted by molar-refractivity contribution is -0.158. The Morgan fingerprint density at radius 2 is 1.25 bits per heavy atom. The van der Waals surface area contributed by atoms with E-state index in [0.29, 0.717) is 6.42 Å². The van der Waals surface area contributed by atoms with E-state index < -0.39 is 29.7 Å². The van der Waals surface area contributed by atoms with Crippen molar-refractivity contribution in [2.45, 2.75) is 90.5 Å². The second kappa shape index (κ2) is 19.5. The highest BCUT2D eigenvalue weighted by molar-refractivity contribution is 5.81. The average molecular weight is 357 g/mol. The summed E-state index contributed by atoms with van der Waals surface area (Å²) in [5.74, 6) is -3.66. The lowest BCUT2D eigenvalue weighted by atomic mass is 9.73. The highest BCUT2D eigenvalue weighted by atomic mass is 16.4. The van der Waals surface area contributed by atoms with Gasteiger partial charge in [0, 0.05) is 6.42 Å². The highest BCUT2D eigenvalue weighted by Gasteiger charge is 2.41. The molecule has 3 N–H and O–H groups in total. The first-order valence-corrected chi connectivity index (χ1v) is 5.94. The van der Waals surface area contributed by atoms with Gasteiger partial charge in [-0.2, -0.15) is 0 Å². The molecule has 0 aliphatic carbocycles. The number of aliphatic carboxylic acids is 3. The largest absolute Gasteiger partial charge is 0.481 e. The molecule has 2 unspecified atom stereocenters. The Kier molecular flexibility index (Phi) is 35.1. The molecular weight excluding hydrogens is 312 g/mol. The third kappa shape index (κ3) is 14.0. The molecule has 0 radical (unpaired) electrons. The maximum atomic E-state index is 11.3. The normalized spacial score (nSPS) is 11.8. The molecule has 0 aromatic rings. The first-order valence-electron chi connectivity index (χ1n) is 5.94. The molecule has 0 aliphatic heterocycles. The Bertz CT molecular complexity index is 327. The number of carboxylic acids is 3. The molecule has 0 spiro atoms. The number of hydrogen-bond acceptors (Lipinski definition) is 3. The molecule has 0 aromatic carbocycles. The van der Waals surface area contributed by atoms with Gasteiger partial charge in [-0.05, 0) is 18.8 Å². The van der Waals surface area contributed by atoms with Crippen molar-refractivity contribution in [2.24, 2.45) is 11.3 Å². The van der Waals surface area contributed by atoms with Gasteiger partial charge in [-0.15, -0.1) is 0 Å². The SMILES string of the molecule is C.C.C.C.C.C.CCC(CC(=O)O)CC(CC)(CC(=O)O)C(=O)O. The molecular formula is C18H44O6. The van der Waals surface area contributed by atoms with Crippen LogP contribution in [-0.4, -0.2) is 33.2 Å². The van der Waals surface area contributed by atoms with Crippen molar-refractivity contribution in [1.29, 1.82) is 0 Å². The Morgan fingerprint density at radius 1 is 0.833 bits per heavy atom. The van der Waals surface area contributed by atoms with E-state index in [1.807, 2.05) is 0 Å². The zero-order chi connectivity index (χ0) is 14.3. The van der Waals surface area contributed by atoms with E-state index in [2.05, 4.69) is 0 Å². The second-order valence-corrected chi connectivity index (χ2v) is 4.59. The minimum atomic E-state index is -1.37. The standard InChI is InChI=1S/C12H20O6.6CH4/c1-3-8(5-9(13)14)6-12(4-2,11(17)18)7-10(15)16;;;;;;/h8H,3-7H2,1-2H3,(H,13,14)(H,15,16)(H,17,18);6*1H4. The summed E-state index contributed by atoms with van der Waals surface area (Å²) in [5.41, 5.74) is -1.37. The summed E-state index contributed by atoms with van der Waals surface area (Å²) in [4.78, 5) is 32.8. The third-order valence-electron chi connectivity index (χ3n) is 3.34. The Balaban J connectivity index is -0.0000000963. The van der Waals surface area contributed by atoms with Crippen LogP contribution in [0.25, 0.3) is 0 Å². The molecule has 0 fully saturated rings. The van der Waals surface area contributed by atoms with E-state index >= 15 is 0 Å².